The number of nitrogens with one attached hydrogen (secondary N) is 1. The summed E-state index contributed by atoms with van der Waals surface area (Å²) in [5.41, 5.74) is 2.71. The molecule has 1 amide bonds. The van der Waals surface area contributed by atoms with Crippen LogP contribution in [0.5, 0.6) is 0 Å². The Hall–Kier alpha value is -2.80. The predicted octanol–water partition coefficient (Wildman–Crippen LogP) is 2.31. The fourth-order valence-corrected chi connectivity index (χ4v) is 3.33. The summed E-state index contributed by atoms with van der Waals surface area (Å²) in [7, 11) is 3.98. The van der Waals surface area contributed by atoms with Crippen LogP contribution in [0.15, 0.2) is 36.5 Å². The van der Waals surface area contributed by atoms with E-state index in [1.54, 1.807) is 4.68 Å². The Morgan fingerprint density at radius 3 is 2.65 bits per heavy atom. The van der Waals surface area contributed by atoms with E-state index in [-0.39, 0.29) is 11.8 Å². The zero-order valence-electron chi connectivity index (χ0n) is 15.0. The molecule has 1 fully saturated rings. The SMILES string of the molecule is CN1CCC(C(=O)Nc2cc3cc(-c4ccn(C)n4)ccc3nn2)CC1. The number of hydrogen-bond donors (Lipinski definition) is 1. The first-order chi connectivity index (χ1) is 12.6. The van der Waals surface area contributed by atoms with Gasteiger partial charge in [0.25, 0.3) is 0 Å². The molecule has 1 aliphatic heterocycles. The monoisotopic (exact) mass is 350 g/mol. The fourth-order valence-electron chi connectivity index (χ4n) is 3.33. The van der Waals surface area contributed by atoms with Crippen LogP contribution in [0.4, 0.5) is 5.82 Å². The molecule has 0 bridgehead atoms. The molecule has 0 radical (unpaired) electrons. The van der Waals surface area contributed by atoms with Gasteiger partial charge in [-0.25, -0.2) is 0 Å². The Kier molecular flexibility index (Phi) is 4.38. The lowest BCUT2D eigenvalue weighted by Crippen LogP contribution is -2.36. The molecule has 4 rings (SSSR count). The van der Waals surface area contributed by atoms with Gasteiger partial charge in [0.1, 0.15) is 0 Å². The summed E-state index contributed by atoms with van der Waals surface area (Å²) in [6.07, 6.45) is 3.68. The number of carbonyl (C=O) groups is 1. The van der Waals surface area contributed by atoms with Gasteiger partial charge < -0.3 is 10.2 Å². The summed E-state index contributed by atoms with van der Waals surface area (Å²) < 4.78 is 1.78. The molecule has 0 atom stereocenters. The average molecular weight is 350 g/mol. The molecule has 2 aromatic heterocycles. The lowest BCUT2D eigenvalue weighted by Gasteiger charge is -2.27. The van der Waals surface area contributed by atoms with Crippen LogP contribution in [0.3, 0.4) is 0 Å². The van der Waals surface area contributed by atoms with Crippen LogP contribution in [0, 0.1) is 5.92 Å². The van der Waals surface area contributed by atoms with Crippen molar-refractivity contribution in [3.8, 4) is 11.3 Å². The summed E-state index contributed by atoms with van der Waals surface area (Å²) in [4.78, 5) is 14.7. The maximum absolute atomic E-state index is 12.5. The highest BCUT2D eigenvalue weighted by atomic mass is 16.2. The molecular weight excluding hydrogens is 328 g/mol. The number of anilines is 1. The van der Waals surface area contributed by atoms with E-state index in [1.807, 2.05) is 43.6 Å². The van der Waals surface area contributed by atoms with Crippen molar-refractivity contribution in [3.63, 3.8) is 0 Å². The molecule has 1 N–H and O–H groups in total. The molecule has 0 unspecified atom stereocenters. The minimum absolute atomic E-state index is 0.0348. The van der Waals surface area contributed by atoms with Gasteiger partial charge in [0.15, 0.2) is 5.82 Å². The molecule has 1 aromatic carbocycles. The van der Waals surface area contributed by atoms with E-state index in [1.165, 1.54) is 0 Å². The quantitative estimate of drug-likeness (QED) is 0.784. The number of amides is 1. The number of nitrogens with zero attached hydrogens (tertiary/aromatic N) is 5. The highest BCUT2D eigenvalue weighted by Gasteiger charge is 2.23. The van der Waals surface area contributed by atoms with E-state index in [0.717, 1.165) is 48.1 Å². The van der Waals surface area contributed by atoms with Crippen molar-refractivity contribution < 1.29 is 4.79 Å². The average Bonchev–Trinajstić information content (AvgIpc) is 3.08. The molecule has 7 nitrogen and oxygen atoms in total. The van der Waals surface area contributed by atoms with E-state index in [9.17, 15) is 4.79 Å². The normalized spacial score (nSPS) is 16.1. The number of rotatable bonds is 3. The van der Waals surface area contributed by atoms with Crippen LogP contribution in [-0.2, 0) is 11.8 Å². The smallest absolute Gasteiger partial charge is 0.228 e. The second-order valence-corrected chi connectivity index (χ2v) is 6.94. The van der Waals surface area contributed by atoms with Crippen molar-refractivity contribution >= 4 is 22.6 Å². The van der Waals surface area contributed by atoms with Crippen molar-refractivity contribution in [2.45, 2.75) is 12.8 Å². The number of carbonyl (C=O) groups excluding carboxylic acids is 1. The van der Waals surface area contributed by atoms with E-state index >= 15 is 0 Å². The fraction of sp³-hybridized carbons (Fsp3) is 0.368. The van der Waals surface area contributed by atoms with Crippen molar-refractivity contribution in [2.24, 2.45) is 13.0 Å². The van der Waals surface area contributed by atoms with Crippen LogP contribution in [0.1, 0.15) is 12.8 Å². The molecule has 3 heterocycles. The third kappa shape index (κ3) is 3.43. The van der Waals surface area contributed by atoms with Crippen molar-refractivity contribution in [1.29, 1.82) is 0 Å². The van der Waals surface area contributed by atoms with Gasteiger partial charge in [-0.1, -0.05) is 6.07 Å². The summed E-state index contributed by atoms with van der Waals surface area (Å²) in [5.74, 6) is 0.579. The van der Waals surface area contributed by atoms with E-state index < -0.39 is 0 Å². The van der Waals surface area contributed by atoms with Gasteiger partial charge in [-0.15, -0.1) is 10.2 Å². The van der Waals surface area contributed by atoms with Crippen molar-refractivity contribution in [1.82, 2.24) is 24.9 Å². The Morgan fingerprint density at radius 1 is 1.12 bits per heavy atom. The molecule has 3 aromatic rings. The summed E-state index contributed by atoms with van der Waals surface area (Å²) in [6, 6.07) is 9.78. The Balaban J connectivity index is 1.55. The van der Waals surface area contributed by atoms with Crippen LogP contribution in [-0.4, -0.2) is 50.9 Å². The summed E-state index contributed by atoms with van der Waals surface area (Å²) in [6.45, 7) is 1.91. The number of fused-ring (bicyclic) bond motifs is 1. The second kappa shape index (κ2) is 6.84. The number of aromatic nitrogens is 4. The maximum atomic E-state index is 12.5. The van der Waals surface area contributed by atoms with E-state index in [2.05, 4.69) is 32.6 Å². The number of likely N-dealkylation sites (tertiary alicyclic amines) is 1. The topological polar surface area (TPSA) is 75.9 Å². The van der Waals surface area contributed by atoms with E-state index in [4.69, 9.17) is 0 Å². The van der Waals surface area contributed by atoms with Crippen LogP contribution < -0.4 is 5.32 Å². The number of aryl methyl sites for hydroxylation is 1. The zero-order chi connectivity index (χ0) is 18.1. The first kappa shape index (κ1) is 16.7. The molecule has 26 heavy (non-hydrogen) atoms. The van der Waals surface area contributed by atoms with Gasteiger partial charge in [-0.2, -0.15) is 5.10 Å². The lowest BCUT2D eigenvalue weighted by atomic mass is 9.96. The largest absolute Gasteiger partial charge is 0.309 e. The van der Waals surface area contributed by atoms with Gasteiger partial charge in [-0.3, -0.25) is 9.48 Å². The van der Waals surface area contributed by atoms with Crippen LogP contribution in [0.25, 0.3) is 22.2 Å². The highest BCUT2D eigenvalue weighted by molar-refractivity contribution is 5.94. The molecule has 0 aliphatic carbocycles. The molecule has 1 aliphatic rings. The van der Waals surface area contributed by atoms with Crippen molar-refractivity contribution in [2.75, 3.05) is 25.5 Å². The standard InChI is InChI=1S/C19H22N6O/c1-24-8-5-13(6-9-24)19(26)20-18-12-15-11-14(3-4-16(15)21-22-18)17-7-10-25(2)23-17/h3-4,7,10-13H,5-6,8-9H2,1-2H3,(H,20,22,26). The molecule has 7 heteroatoms. The van der Waals surface area contributed by atoms with Gasteiger partial charge in [0, 0.05) is 30.1 Å². The van der Waals surface area contributed by atoms with Gasteiger partial charge >= 0.3 is 0 Å². The predicted molar refractivity (Wildman–Crippen MR) is 101 cm³/mol. The number of piperidine rings is 1. The summed E-state index contributed by atoms with van der Waals surface area (Å²) in [5, 5.41) is 16.7. The number of hydrogen-bond acceptors (Lipinski definition) is 5. The van der Waals surface area contributed by atoms with Gasteiger partial charge in [0.05, 0.1) is 11.2 Å². The third-order valence-electron chi connectivity index (χ3n) is 4.94. The second-order valence-electron chi connectivity index (χ2n) is 6.94. The minimum atomic E-state index is 0.0348. The first-order valence-corrected chi connectivity index (χ1v) is 8.85. The maximum Gasteiger partial charge on any atom is 0.228 e. The minimum Gasteiger partial charge on any atom is -0.309 e. The Morgan fingerprint density at radius 2 is 1.92 bits per heavy atom. The lowest BCUT2D eigenvalue weighted by molar-refractivity contribution is -0.121. The molecule has 1 saturated heterocycles. The highest BCUT2D eigenvalue weighted by Crippen LogP contribution is 2.24. The third-order valence-corrected chi connectivity index (χ3v) is 4.94. The molecule has 0 spiro atoms. The Bertz CT molecular complexity index is 942. The first-order valence-electron chi connectivity index (χ1n) is 8.85. The van der Waals surface area contributed by atoms with Gasteiger partial charge in [0.2, 0.25) is 5.91 Å². The van der Waals surface area contributed by atoms with Crippen LogP contribution >= 0.6 is 0 Å². The Labute approximate surface area is 152 Å². The zero-order valence-corrected chi connectivity index (χ0v) is 15.0. The number of benzene rings is 1. The van der Waals surface area contributed by atoms with E-state index in [0.29, 0.717) is 5.82 Å². The summed E-state index contributed by atoms with van der Waals surface area (Å²) >= 11 is 0. The van der Waals surface area contributed by atoms with Crippen LogP contribution in [0.2, 0.25) is 0 Å². The van der Waals surface area contributed by atoms with Crippen molar-refractivity contribution in [3.05, 3.63) is 36.5 Å². The van der Waals surface area contributed by atoms with Gasteiger partial charge in [-0.05, 0) is 57.2 Å². The molecular formula is C19H22N6O. The molecule has 134 valence electrons. The molecule has 0 saturated carbocycles.